The van der Waals surface area contributed by atoms with Gasteiger partial charge in [0.05, 0.1) is 68.1 Å². The van der Waals surface area contributed by atoms with Gasteiger partial charge in [0.1, 0.15) is 6.54 Å². The minimum Gasteiger partial charge on any atom is -0.481 e. The van der Waals surface area contributed by atoms with E-state index in [0.717, 1.165) is 28.3 Å². The van der Waals surface area contributed by atoms with E-state index >= 15 is 0 Å². The summed E-state index contributed by atoms with van der Waals surface area (Å²) in [4.78, 5) is 12.9. The number of fused-ring (bicyclic) bond motifs is 2. The third kappa shape index (κ3) is 12.0. The number of carboxylic acids is 1. The van der Waals surface area contributed by atoms with Gasteiger partial charge in [-0.15, -0.1) is 0 Å². The number of allylic oxidation sites excluding steroid dienone is 4. The number of hydrogen-bond acceptors (Lipinski definition) is 11. The summed E-state index contributed by atoms with van der Waals surface area (Å²) in [5, 5.41) is 9.18. The standard InChI is InChI=1S/C41H58N2O13S2/c1-6-42-35-16-14-31(57(46,47)48)29-33(35)40(2,3)37(42)11-10-12-38-41(4,18-20-53-23-24-55-27-28-56-26-25-54-22-21-52-5)34-30-32(58(49,50)51)15-17-36(34)43(38)19-9-7-8-13-39(44)45/h10-12,14-17,29-30H,6-9,13,18-28H2,1-5H3,(H2-,44,45,46,47,48,49,50,51)/p+1. The zero-order valence-corrected chi connectivity index (χ0v) is 35.8. The summed E-state index contributed by atoms with van der Waals surface area (Å²) in [6, 6.07) is 9.19. The van der Waals surface area contributed by atoms with Crippen molar-refractivity contribution in [1.82, 2.24) is 0 Å². The molecule has 2 aliphatic heterocycles. The Hall–Kier alpha value is -3.52. The van der Waals surface area contributed by atoms with Crippen LogP contribution in [0.3, 0.4) is 0 Å². The lowest BCUT2D eigenvalue weighted by Crippen LogP contribution is -2.31. The highest BCUT2D eigenvalue weighted by atomic mass is 32.2. The fraction of sp³-hybridized carbons (Fsp3) is 0.561. The first kappa shape index (κ1) is 47.2. The van der Waals surface area contributed by atoms with Crippen LogP contribution in [0.5, 0.6) is 0 Å². The molecule has 58 heavy (non-hydrogen) atoms. The molecule has 15 nitrogen and oxygen atoms in total. The predicted octanol–water partition coefficient (Wildman–Crippen LogP) is 5.54. The molecule has 2 aromatic rings. The van der Waals surface area contributed by atoms with Crippen LogP contribution in [0.1, 0.15) is 70.9 Å². The van der Waals surface area contributed by atoms with Gasteiger partial charge in [0.15, 0.2) is 5.71 Å². The van der Waals surface area contributed by atoms with Crippen LogP contribution in [0.2, 0.25) is 0 Å². The summed E-state index contributed by atoms with van der Waals surface area (Å²) >= 11 is 0. The second kappa shape index (κ2) is 21.1. The molecule has 1 unspecified atom stereocenters. The highest BCUT2D eigenvalue weighted by Gasteiger charge is 2.46. The average molecular weight is 852 g/mol. The van der Waals surface area contributed by atoms with Crippen molar-refractivity contribution in [3.05, 3.63) is 71.5 Å². The van der Waals surface area contributed by atoms with Crippen LogP contribution in [0, 0.1) is 0 Å². The molecule has 2 heterocycles. The van der Waals surface area contributed by atoms with E-state index in [0.29, 0.717) is 104 Å². The van der Waals surface area contributed by atoms with Gasteiger partial charge in [-0.1, -0.05) is 12.5 Å². The molecule has 0 spiro atoms. The van der Waals surface area contributed by atoms with Crippen molar-refractivity contribution >= 4 is 43.3 Å². The van der Waals surface area contributed by atoms with Gasteiger partial charge < -0.3 is 33.7 Å². The molecule has 0 saturated carbocycles. The van der Waals surface area contributed by atoms with Gasteiger partial charge in [0.25, 0.3) is 20.2 Å². The van der Waals surface area contributed by atoms with E-state index in [2.05, 4.69) is 9.48 Å². The van der Waals surface area contributed by atoms with Crippen LogP contribution in [-0.4, -0.2) is 127 Å². The highest BCUT2D eigenvalue weighted by Crippen LogP contribution is 2.51. The molecule has 0 aliphatic carbocycles. The minimum atomic E-state index is -4.52. The second-order valence-corrected chi connectivity index (χ2v) is 17.7. The summed E-state index contributed by atoms with van der Waals surface area (Å²) in [7, 11) is -7.32. The summed E-state index contributed by atoms with van der Waals surface area (Å²) < 4.78 is 98.2. The number of nitrogens with zero attached hydrogens (tertiary/aromatic N) is 2. The number of benzene rings is 2. The molecule has 3 N–H and O–H groups in total. The largest absolute Gasteiger partial charge is 0.481 e. The Labute approximate surface area is 342 Å². The van der Waals surface area contributed by atoms with Crippen molar-refractivity contribution in [1.29, 1.82) is 0 Å². The summed E-state index contributed by atoms with van der Waals surface area (Å²) in [6.45, 7) is 12.9. The monoisotopic (exact) mass is 851 g/mol. The van der Waals surface area contributed by atoms with E-state index in [4.69, 9.17) is 23.7 Å². The number of unbranched alkanes of at least 4 members (excludes halogenated alkanes) is 2. The summed E-state index contributed by atoms with van der Waals surface area (Å²) in [5.74, 6) is -0.856. The average Bonchev–Trinajstić information content (AvgIpc) is 3.52. The molecule has 2 aromatic carbocycles. The number of methoxy groups -OCH3 is 1. The highest BCUT2D eigenvalue weighted by molar-refractivity contribution is 7.86. The molecule has 0 saturated heterocycles. The summed E-state index contributed by atoms with van der Waals surface area (Å²) in [6.07, 6.45) is 8.25. The molecular weight excluding hydrogens is 793 g/mol. The van der Waals surface area contributed by atoms with Crippen molar-refractivity contribution in [3.63, 3.8) is 0 Å². The Morgan fingerprint density at radius 3 is 1.88 bits per heavy atom. The third-order valence-corrected chi connectivity index (χ3v) is 12.3. The number of aliphatic carboxylic acids is 1. The maximum absolute atomic E-state index is 12.4. The lowest BCUT2D eigenvalue weighted by atomic mass is 9.78. The van der Waals surface area contributed by atoms with E-state index in [1.165, 1.54) is 24.3 Å². The van der Waals surface area contributed by atoms with Gasteiger partial charge in [-0.25, -0.2) is 0 Å². The zero-order chi connectivity index (χ0) is 42.6. The SMILES string of the molecule is CC[N+]1=C(C=CC=C2N(CCCCCC(=O)O)c3ccc(S(=O)(=O)O)cc3C2(C)CCOCCOCCOCCOCCOC)C(C)(C)c2cc(S(=O)(=O)O)ccc21. The van der Waals surface area contributed by atoms with E-state index in [-0.39, 0.29) is 16.2 Å². The van der Waals surface area contributed by atoms with E-state index in [1.54, 1.807) is 19.2 Å². The van der Waals surface area contributed by atoms with Gasteiger partial charge in [-0.3, -0.25) is 13.9 Å². The number of anilines is 1. The molecule has 2 aliphatic rings. The van der Waals surface area contributed by atoms with Gasteiger partial charge >= 0.3 is 5.97 Å². The number of ether oxygens (including phenoxy) is 5. The molecular formula is C41H59N2O13S2+. The van der Waals surface area contributed by atoms with Gasteiger partial charge in [0, 0.05) is 61.2 Å². The number of carboxylic acid groups (broad SMARTS) is 1. The maximum atomic E-state index is 12.4. The molecule has 322 valence electrons. The smallest absolute Gasteiger partial charge is 0.303 e. The molecule has 0 radical (unpaired) electrons. The van der Waals surface area contributed by atoms with Crippen molar-refractivity contribution in [2.45, 2.75) is 80.4 Å². The van der Waals surface area contributed by atoms with Crippen molar-refractivity contribution < 1.29 is 64.1 Å². The first-order valence-corrected chi connectivity index (χ1v) is 22.4. The van der Waals surface area contributed by atoms with Gasteiger partial charge in [0.2, 0.25) is 5.69 Å². The van der Waals surface area contributed by atoms with Gasteiger partial charge in [-0.2, -0.15) is 21.4 Å². The van der Waals surface area contributed by atoms with Crippen molar-refractivity contribution in [2.75, 3.05) is 84.6 Å². The van der Waals surface area contributed by atoms with Crippen LogP contribution in [-0.2, 0) is 59.5 Å². The predicted molar refractivity (Wildman–Crippen MR) is 219 cm³/mol. The lowest BCUT2D eigenvalue weighted by Gasteiger charge is -2.30. The quantitative estimate of drug-likeness (QED) is 0.0606. The Bertz CT molecular complexity index is 2050. The van der Waals surface area contributed by atoms with E-state index < -0.39 is 37.0 Å². The van der Waals surface area contributed by atoms with Crippen LogP contribution in [0.25, 0.3) is 0 Å². The minimum absolute atomic E-state index is 0.0618. The molecule has 17 heteroatoms. The topological polar surface area (TPSA) is 198 Å². The first-order valence-electron chi connectivity index (χ1n) is 19.5. The Morgan fingerprint density at radius 2 is 1.33 bits per heavy atom. The Balaban J connectivity index is 1.59. The third-order valence-electron chi connectivity index (χ3n) is 10.6. The van der Waals surface area contributed by atoms with Crippen molar-refractivity contribution in [2.24, 2.45) is 0 Å². The molecule has 0 bridgehead atoms. The van der Waals surface area contributed by atoms with Crippen LogP contribution in [0.4, 0.5) is 11.4 Å². The Kier molecular flexibility index (Phi) is 17.2. The van der Waals surface area contributed by atoms with E-state index in [1.807, 2.05) is 45.9 Å². The lowest BCUT2D eigenvalue weighted by molar-refractivity contribution is -0.433. The fourth-order valence-electron chi connectivity index (χ4n) is 7.49. The fourth-order valence-corrected chi connectivity index (χ4v) is 8.50. The first-order chi connectivity index (χ1) is 27.5. The van der Waals surface area contributed by atoms with Crippen LogP contribution < -0.4 is 4.90 Å². The molecule has 4 rings (SSSR count). The van der Waals surface area contributed by atoms with Crippen LogP contribution in [0.15, 0.2) is 70.1 Å². The van der Waals surface area contributed by atoms with Gasteiger partial charge in [-0.05, 0) is 88.9 Å². The van der Waals surface area contributed by atoms with E-state index in [9.17, 15) is 35.8 Å². The number of rotatable bonds is 26. The number of carbonyl (C=O) groups is 1. The summed E-state index contributed by atoms with van der Waals surface area (Å²) in [5.41, 5.74) is 3.42. The Morgan fingerprint density at radius 1 is 0.776 bits per heavy atom. The van der Waals surface area contributed by atoms with Crippen molar-refractivity contribution in [3.8, 4) is 0 Å². The molecule has 1 atom stereocenters. The number of hydrogen-bond donors (Lipinski definition) is 3. The molecule has 0 aromatic heterocycles. The maximum Gasteiger partial charge on any atom is 0.303 e. The normalized spacial score (nSPS) is 18.5. The molecule has 0 fully saturated rings. The van der Waals surface area contributed by atoms with Crippen LogP contribution >= 0.6 is 0 Å². The second-order valence-electron chi connectivity index (χ2n) is 14.9. The zero-order valence-electron chi connectivity index (χ0n) is 34.1. The molecule has 0 amide bonds.